The minimum atomic E-state index is 0.444. The first-order valence-corrected chi connectivity index (χ1v) is 5.54. The van der Waals surface area contributed by atoms with Crippen molar-refractivity contribution in [3.8, 4) is 0 Å². The summed E-state index contributed by atoms with van der Waals surface area (Å²) in [5, 5.41) is 0. The molecule has 0 aliphatic rings. The number of hydrogen-bond acceptors (Lipinski definition) is 1. The Bertz CT molecular complexity index is 111. The molecule has 0 unspecified atom stereocenters. The largest absolute Gasteiger partial charge is 0.291 e. The lowest BCUT2D eigenvalue weighted by atomic mass is 10.1. The Hall–Kier alpha value is -0.240. The average Bonchev–Trinajstić information content (AvgIpc) is 2.13. The third-order valence-corrected chi connectivity index (χ3v) is 1.71. The Morgan fingerprint density at radius 3 is 2.15 bits per heavy atom. The Morgan fingerprint density at radius 1 is 1.15 bits per heavy atom. The van der Waals surface area contributed by atoms with Crippen LogP contribution in [0.3, 0.4) is 0 Å². The van der Waals surface area contributed by atoms with Gasteiger partial charge in [0.1, 0.15) is 0 Å². The van der Waals surface area contributed by atoms with E-state index in [1.54, 1.807) is 0 Å². The van der Waals surface area contributed by atoms with Crippen molar-refractivity contribution in [3.63, 3.8) is 0 Å². The van der Waals surface area contributed by atoms with Crippen LogP contribution >= 0.6 is 12.6 Å². The van der Waals surface area contributed by atoms with E-state index >= 15 is 0 Å². The van der Waals surface area contributed by atoms with Crippen LogP contribution in [0.5, 0.6) is 0 Å². The van der Waals surface area contributed by atoms with E-state index in [2.05, 4.69) is 38.6 Å². The van der Waals surface area contributed by atoms with Gasteiger partial charge in [-0.1, -0.05) is 44.8 Å². The third kappa shape index (κ3) is 24.5. The van der Waals surface area contributed by atoms with Gasteiger partial charge in [-0.2, -0.15) is 0 Å². The molecule has 0 bridgehead atoms. The predicted octanol–water partition coefficient (Wildman–Crippen LogP) is 4.03. The van der Waals surface area contributed by atoms with E-state index in [9.17, 15) is 0 Å². The zero-order chi connectivity index (χ0) is 10.4. The zero-order valence-corrected chi connectivity index (χ0v) is 9.72. The summed E-state index contributed by atoms with van der Waals surface area (Å²) in [6.45, 7) is 4.35. The third-order valence-electron chi connectivity index (χ3n) is 1.71. The molecule has 0 heterocycles. The van der Waals surface area contributed by atoms with Crippen molar-refractivity contribution in [1.29, 1.82) is 0 Å². The highest BCUT2D eigenvalue weighted by Crippen LogP contribution is 2.04. The molecule has 1 nitrogen and oxygen atoms in total. The summed E-state index contributed by atoms with van der Waals surface area (Å²) in [7, 11) is 0. The van der Waals surface area contributed by atoms with Crippen molar-refractivity contribution in [2.24, 2.45) is 0 Å². The van der Waals surface area contributed by atoms with Gasteiger partial charge in [0.25, 0.3) is 0 Å². The molecule has 0 aromatic rings. The summed E-state index contributed by atoms with van der Waals surface area (Å²) in [5.41, 5.74) is 0.444. The molecule has 0 saturated heterocycles. The lowest BCUT2D eigenvalue weighted by molar-refractivity contribution is 0.570. The van der Waals surface area contributed by atoms with Crippen molar-refractivity contribution in [1.82, 2.24) is 0 Å². The minimum absolute atomic E-state index is 0.444. The van der Waals surface area contributed by atoms with Crippen LogP contribution in [0.1, 0.15) is 52.4 Å². The summed E-state index contributed by atoms with van der Waals surface area (Å²) in [5.74, 6) is 0. The maximum absolute atomic E-state index is 8.67. The molecule has 0 fully saturated rings. The van der Waals surface area contributed by atoms with Gasteiger partial charge in [0.2, 0.25) is 0 Å². The summed E-state index contributed by atoms with van der Waals surface area (Å²) in [4.78, 5) is 8.67. The van der Waals surface area contributed by atoms with Crippen molar-refractivity contribution in [2.45, 2.75) is 52.4 Å². The fraction of sp³-hybridized carbons (Fsp3) is 0.727. The normalized spacial score (nSPS) is 9.46. The number of hydrogen-bond donors (Lipinski definition) is 1. The average molecular weight is 202 g/mol. The molecule has 0 aromatic heterocycles. The fourth-order valence-electron chi connectivity index (χ4n) is 1.03. The van der Waals surface area contributed by atoms with E-state index in [0.717, 1.165) is 0 Å². The number of carbonyl (C=O) groups is 1. The summed E-state index contributed by atoms with van der Waals surface area (Å²) >= 11 is 3.11. The Labute approximate surface area is 88.0 Å². The number of thiol groups is 1. The number of rotatable bonds is 6. The van der Waals surface area contributed by atoms with Crippen LogP contribution in [0, 0.1) is 0 Å². The van der Waals surface area contributed by atoms with Gasteiger partial charge in [0.15, 0.2) is 5.62 Å². The van der Waals surface area contributed by atoms with Gasteiger partial charge in [-0.15, -0.1) is 12.6 Å². The van der Waals surface area contributed by atoms with E-state index in [-0.39, 0.29) is 0 Å². The monoisotopic (exact) mass is 202 g/mol. The molecule has 0 rings (SSSR count). The molecular weight excluding hydrogens is 180 g/mol. The van der Waals surface area contributed by atoms with Gasteiger partial charge >= 0.3 is 0 Å². The first-order valence-electron chi connectivity index (χ1n) is 5.02. The molecule has 0 atom stereocenters. The second kappa shape index (κ2) is 17.7. The molecule has 0 N–H and O–H groups in total. The molecule has 0 amide bonds. The lowest BCUT2D eigenvalue weighted by Crippen LogP contribution is -1.75. The molecule has 0 spiro atoms. The molecular formula is C11H22OS. The van der Waals surface area contributed by atoms with Crippen LogP contribution in [0.15, 0.2) is 12.2 Å². The smallest absolute Gasteiger partial charge is 0.173 e. The summed E-state index contributed by atoms with van der Waals surface area (Å²) in [6.07, 6.45) is 12.7. The lowest BCUT2D eigenvalue weighted by Gasteiger charge is -1.95. The van der Waals surface area contributed by atoms with E-state index in [1.165, 1.54) is 38.5 Å². The van der Waals surface area contributed by atoms with E-state index in [4.69, 9.17) is 4.79 Å². The quantitative estimate of drug-likeness (QED) is 0.298. The highest BCUT2D eigenvalue weighted by molar-refractivity contribution is 7.94. The van der Waals surface area contributed by atoms with Gasteiger partial charge in [-0.3, -0.25) is 4.79 Å². The van der Waals surface area contributed by atoms with Crippen LogP contribution in [-0.4, -0.2) is 5.62 Å². The molecule has 78 valence electrons. The molecule has 2 heteroatoms. The van der Waals surface area contributed by atoms with Crippen molar-refractivity contribution >= 4 is 18.2 Å². The summed E-state index contributed by atoms with van der Waals surface area (Å²) < 4.78 is 0. The van der Waals surface area contributed by atoms with E-state index in [1.807, 2.05) is 0 Å². The van der Waals surface area contributed by atoms with E-state index in [0.29, 0.717) is 5.62 Å². The van der Waals surface area contributed by atoms with Crippen LogP contribution < -0.4 is 0 Å². The van der Waals surface area contributed by atoms with Crippen molar-refractivity contribution < 1.29 is 4.79 Å². The molecule has 0 saturated carbocycles. The van der Waals surface area contributed by atoms with Crippen molar-refractivity contribution in [3.05, 3.63) is 12.2 Å². The van der Waals surface area contributed by atoms with Gasteiger partial charge in [-0.05, 0) is 19.8 Å². The van der Waals surface area contributed by atoms with Gasteiger partial charge in [-0.25, -0.2) is 0 Å². The molecule has 0 radical (unpaired) electrons. The van der Waals surface area contributed by atoms with E-state index < -0.39 is 0 Å². The maximum Gasteiger partial charge on any atom is 0.173 e. The Kier molecular flexibility index (Phi) is 20.8. The minimum Gasteiger partial charge on any atom is -0.291 e. The highest BCUT2D eigenvalue weighted by atomic mass is 32.1. The first kappa shape index (κ1) is 15.2. The SMILES string of the molecule is CC=CCCCCCCC.O=CS. The second-order valence-electron chi connectivity index (χ2n) is 2.88. The van der Waals surface area contributed by atoms with Gasteiger partial charge in [0, 0.05) is 0 Å². The van der Waals surface area contributed by atoms with Crippen LogP contribution in [0.25, 0.3) is 0 Å². The van der Waals surface area contributed by atoms with Crippen LogP contribution in [0.2, 0.25) is 0 Å². The second-order valence-corrected chi connectivity index (χ2v) is 3.09. The Morgan fingerprint density at radius 2 is 1.69 bits per heavy atom. The summed E-state index contributed by atoms with van der Waals surface area (Å²) in [6, 6.07) is 0. The first-order chi connectivity index (χ1) is 6.33. The Balaban J connectivity index is 0. The molecule has 0 aliphatic carbocycles. The molecule has 13 heavy (non-hydrogen) atoms. The van der Waals surface area contributed by atoms with Gasteiger partial charge < -0.3 is 0 Å². The number of carbonyl (C=O) groups excluding carboxylic acids is 1. The van der Waals surface area contributed by atoms with Crippen LogP contribution in [0.4, 0.5) is 0 Å². The maximum atomic E-state index is 8.67. The fourth-order valence-corrected chi connectivity index (χ4v) is 1.03. The molecule has 0 aromatic carbocycles. The topological polar surface area (TPSA) is 17.1 Å². The van der Waals surface area contributed by atoms with Crippen LogP contribution in [-0.2, 0) is 4.79 Å². The standard InChI is InChI=1S/C10H20.CH2OS/c1-3-5-7-9-10-8-6-4-2;2-1-3/h3,5H,4,6-10H2,1-2H3;1H,(H,2,3). The number of unbranched alkanes of at least 4 members (excludes halogenated alkanes) is 5. The van der Waals surface area contributed by atoms with Gasteiger partial charge in [0.05, 0.1) is 0 Å². The predicted molar refractivity (Wildman–Crippen MR) is 63.9 cm³/mol. The van der Waals surface area contributed by atoms with Crippen molar-refractivity contribution in [2.75, 3.05) is 0 Å². The molecule has 0 aliphatic heterocycles. The zero-order valence-electron chi connectivity index (χ0n) is 8.83. The number of allylic oxidation sites excluding steroid dienone is 2. The highest BCUT2D eigenvalue weighted by Gasteiger charge is 1.84.